The van der Waals surface area contributed by atoms with Gasteiger partial charge in [0.2, 0.25) is 0 Å². The van der Waals surface area contributed by atoms with E-state index in [9.17, 15) is 15.0 Å². The van der Waals surface area contributed by atoms with Gasteiger partial charge in [-0.3, -0.25) is 4.79 Å². The lowest BCUT2D eigenvalue weighted by atomic mass is 10.0. The van der Waals surface area contributed by atoms with Gasteiger partial charge in [0.1, 0.15) is 11.9 Å². The minimum absolute atomic E-state index is 0.00124. The van der Waals surface area contributed by atoms with Crippen molar-refractivity contribution in [3.05, 3.63) is 22.8 Å². The molecule has 0 aliphatic rings. The molecule has 0 aromatic carbocycles. The van der Waals surface area contributed by atoms with Crippen LogP contribution in [0, 0.1) is 0 Å². The molecule has 0 aliphatic heterocycles. The zero-order valence-electron chi connectivity index (χ0n) is 8.17. The number of aliphatic carboxylic acids is 1. The predicted molar refractivity (Wildman–Crippen MR) is 56.9 cm³/mol. The number of carboxylic acids is 1. The molecule has 1 aromatic heterocycles. The third-order valence-electron chi connectivity index (χ3n) is 1.98. The van der Waals surface area contributed by atoms with Crippen LogP contribution in [0.5, 0.6) is 0 Å². The number of aromatic nitrogens is 1. The van der Waals surface area contributed by atoms with Crippen molar-refractivity contribution in [2.24, 2.45) is 0 Å². The third-order valence-corrected chi connectivity index (χ3v) is 2.19. The maximum atomic E-state index is 10.4. The van der Waals surface area contributed by atoms with E-state index in [2.05, 4.69) is 4.98 Å². The number of nitrogens with two attached hydrogens (primary N) is 1. The van der Waals surface area contributed by atoms with Crippen LogP contribution < -0.4 is 5.73 Å². The van der Waals surface area contributed by atoms with Crippen molar-refractivity contribution < 1.29 is 20.1 Å². The molecule has 0 aliphatic carbocycles. The van der Waals surface area contributed by atoms with Gasteiger partial charge in [-0.25, -0.2) is 4.98 Å². The smallest absolute Gasteiger partial charge is 0.306 e. The van der Waals surface area contributed by atoms with E-state index in [-0.39, 0.29) is 16.4 Å². The Labute approximate surface area is 96.3 Å². The molecule has 7 heteroatoms. The fourth-order valence-electron chi connectivity index (χ4n) is 1.20. The van der Waals surface area contributed by atoms with E-state index in [1.807, 2.05) is 0 Å². The Hall–Kier alpha value is -1.37. The zero-order valence-corrected chi connectivity index (χ0v) is 8.92. The molecule has 0 bridgehead atoms. The van der Waals surface area contributed by atoms with Gasteiger partial charge >= 0.3 is 5.97 Å². The summed E-state index contributed by atoms with van der Waals surface area (Å²) in [6, 6.07) is 1.33. The number of anilines is 1. The summed E-state index contributed by atoms with van der Waals surface area (Å²) in [5, 5.41) is 27.8. The number of nitrogen functional groups attached to an aromatic ring is 1. The minimum atomic E-state index is -1.46. The third kappa shape index (κ3) is 3.06. The summed E-state index contributed by atoms with van der Waals surface area (Å²) in [6.07, 6.45) is -2.19. The SMILES string of the molecule is Nc1ncc(Cl)cc1C(O)C(O)CC(=O)O. The predicted octanol–water partition coefficient (Wildman–Crippen LogP) is 0.186. The molecular weight excluding hydrogens is 236 g/mol. The largest absolute Gasteiger partial charge is 0.481 e. The van der Waals surface area contributed by atoms with Gasteiger partial charge in [0.15, 0.2) is 0 Å². The summed E-state index contributed by atoms with van der Waals surface area (Å²) >= 11 is 5.64. The molecule has 1 rings (SSSR count). The number of hydrogen-bond acceptors (Lipinski definition) is 5. The molecule has 16 heavy (non-hydrogen) atoms. The molecule has 0 saturated heterocycles. The van der Waals surface area contributed by atoms with Crippen molar-refractivity contribution in [1.82, 2.24) is 4.98 Å². The summed E-state index contributed by atoms with van der Waals surface area (Å²) in [5.41, 5.74) is 5.58. The van der Waals surface area contributed by atoms with E-state index in [0.717, 1.165) is 0 Å². The topological polar surface area (TPSA) is 117 Å². The van der Waals surface area contributed by atoms with Gasteiger partial charge in [0.05, 0.1) is 17.5 Å². The summed E-state index contributed by atoms with van der Waals surface area (Å²) in [4.78, 5) is 14.0. The van der Waals surface area contributed by atoms with Crippen molar-refractivity contribution in [3.8, 4) is 0 Å². The second-order valence-corrected chi connectivity index (χ2v) is 3.67. The Balaban J connectivity index is 2.90. The van der Waals surface area contributed by atoms with Crippen molar-refractivity contribution in [2.45, 2.75) is 18.6 Å². The maximum Gasteiger partial charge on any atom is 0.306 e. The molecular formula is C9H11ClN2O4. The lowest BCUT2D eigenvalue weighted by molar-refractivity contribution is -0.141. The summed E-state index contributed by atoms with van der Waals surface area (Å²) < 4.78 is 0. The van der Waals surface area contributed by atoms with Gasteiger partial charge in [-0.2, -0.15) is 0 Å². The molecule has 0 saturated carbocycles. The van der Waals surface area contributed by atoms with Crippen LogP contribution in [0.15, 0.2) is 12.3 Å². The molecule has 88 valence electrons. The highest BCUT2D eigenvalue weighted by atomic mass is 35.5. The van der Waals surface area contributed by atoms with Gasteiger partial charge in [-0.15, -0.1) is 0 Å². The summed E-state index contributed by atoms with van der Waals surface area (Å²) in [6.45, 7) is 0. The van der Waals surface area contributed by atoms with Crippen LogP contribution in [0.3, 0.4) is 0 Å². The Bertz CT molecular complexity index is 399. The number of hydrogen-bond donors (Lipinski definition) is 4. The number of pyridine rings is 1. The number of aliphatic hydroxyl groups excluding tert-OH is 2. The van der Waals surface area contributed by atoms with Gasteiger partial charge in [0.25, 0.3) is 0 Å². The van der Waals surface area contributed by atoms with Gasteiger partial charge in [-0.05, 0) is 6.07 Å². The van der Waals surface area contributed by atoms with Gasteiger partial charge in [0, 0.05) is 11.8 Å². The first-order valence-electron chi connectivity index (χ1n) is 4.40. The molecule has 0 radical (unpaired) electrons. The van der Waals surface area contributed by atoms with Crippen molar-refractivity contribution >= 4 is 23.4 Å². The Morgan fingerprint density at radius 3 is 2.75 bits per heavy atom. The van der Waals surface area contributed by atoms with Crippen molar-refractivity contribution in [1.29, 1.82) is 0 Å². The molecule has 2 atom stereocenters. The monoisotopic (exact) mass is 246 g/mol. The van der Waals surface area contributed by atoms with Crippen LogP contribution in [-0.2, 0) is 4.79 Å². The van der Waals surface area contributed by atoms with E-state index in [1.165, 1.54) is 12.3 Å². The molecule has 5 N–H and O–H groups in total. The fourth-order valence-corrected chi connectivity index (χ4v) is 1.37. The quantitative estimate of drug-likeness (QED) is 0.602. The molecule has 0 amide bonds. The van der Waals surface area contributed by atoms with E-state index >= 15 is 0 Å². The van der Waals surface area contributed by atoms with Crippen LogP contribution in [0.4, 0.5) is 5.82 Å². The van der Waals surface area contributed by atoms with Crippen LogP contribution in [0.2, 0.25) is 5.02 Å². The normalized spacial score (nSPS) is 14.4. The first-order valence-corrected chi connectivity index (χ1v) is 4.78. The van der Waals surface area contributed by atoms with Crippen LogP contribution in [0.1, 0.15) is 18.1 Å². The minimum Gasteiger partial charge on any atom is -0.481 e. The summed E-state index contributed by atoms with van der Waals surface area (Å²) in [5.74, 6) is -1.22. The highest BCUT2D eigenvalue weighted by molar-refractivity contribution is 6.30. The first kappa shape index (κ1) is 12.7. The molecule has 1 aromatic rings. The number of nitrogens with zero attached hydrogens (tertiary/aromatic N) is 1. The second-order valence-electron chi connectivity index (χ2n) is 3.24. The standard InChI is InChI=1S/C9H11ClN2O4/c10-4-1-5(9(11)12-3-4)8(16)6(13)2-7(14)15/h1,3,6,8,13,16H,2H2,(H2,11,12)(H,14,15). The number of rotatable bonds is 4. The average Bonchev–Trinajstić information content (AvgIpc) is 2.19. The molecule has 6 nitrogen and oxygen atoms in total. The molecule has 1 heterocycles. The first-order chi connectivity index (χ1) is 7.41. The van der Waals surface area contributed by atoms with Crippen molar-refractivity contribution in [3.63, 3.8) is 0 Å². The number of carbonyl (C=O) groups is 1. The molecule has 0 spiro atoms. The lowest BCUT2D eigenvalue weighted by Gasteiger charge is -2.17. The number of carboxylic acid groups (broad SMARTS) is 1. The molecule has 2 unspecified atom stereocenters. The van der Waals surface area contributed by atoms with E-state index in [4.69, 9.17) is 22.4 Å². The van der Waals surface area contributed by atoms with Crippen LogP contribution in [0.25, 0.3) is 0 Å². The maximum absolute atomic E-state index is 10.4. The van der Waals surface area contributed by atoms with Crippen LogP contribution in [-0.4, -0.2) is 32.4 Å². The van der Waals surface area contributed by atoms with E-state index < -0.39 is 24.6 Å². The van der Waals surface area contributed by atoms with Gasteiger partial charge < -0.3 is 21.1 Å². The number of halogens is 1. The Morgan fingerprint density at radius 2 is 2.19 bits per heavy atom. The highest BCUT2D eigenvalue weighted by Crippen LogP contribution is 2.25. The lowest BCUT2D eigenvalue weighted by Crippen LogP contribution is -2.22. The summed E-state index contributed by atoms with van der Waals surface area (Å²) in [7, 11) is 0. The Morgan fingerprint density at radius 1 is 1.56 bits per heavy atom. The second kappa shape index (κ2) is 5.11. The van der Waals surface area contributed by atoms with Gasteiger partial charge in [-0.1, -0.05) is 11.6 Å². The van der Waals surface area contributed by atoms with Crippen LogP contribution >= 0.6 is 11.6 Å². The zero-order chi connectivity index (χ0) is 12.3. The van der Waals surface area contributed by atoms with E-state index in [1.54, 1.807) is 0 Å². The van der Waals surface area contributed by atoms with Crippen molar-refractivity contribution in [2.75, 3.05) is 5.73 Å². The number of aliphatic hydroxyl groups is 2. The molecule has 0 fully saturated rings. The highest BCUT2D eigenvalue weighted by Gasteiger charge is 2.23. The average molecular weight is 247 g/mol. The van der Waals surface area contributed by atoms with E-state index in [0.29, 0.717) is 0 Å². The fraction of sp³-hybridized carbons (Fsp3) is 0.333. The Kier molecular flexibility index (Phi) is 4.05.